The highest BCUT2D eigenvalue weighted by atomic mass is 16.5. The standard InChI is InChI=1S/C29H44N2O/c1-2-3-4-5-8-12-15-26-23-30-29(31-24-26)27-18-20-28(21-19-27)32-22-13-10-7-6-9-11-14-25-16-17-25/h18-21,23-25H,2-17,22H2,1H3. The van der Waals surface area contributed by atoms with Gasteiger partial charge in [0.15, 0.2) is 5.82 Å². The van der Waals surface area contributed by atoms with Crippen LogP contribution >= 0.6 is 0 Å². The van der Waals surface area contributed by atoms with Gasteiger partial charge in [0.1, 0.15) is 5.75 Å². The topological polar surface area (TPSA) is 35.0 Å². The van der Waals surface area contributed by atoms with Crippen molar-refractivity contribution < 1.29 is 4.74 Å². The number of hydrogen-bond donors (Lipinski definition) is 0. The fourth-order valence-corrected chi connectivity index (χ4v) is 4.28. The zero-order chi connectivity index (χ0) is 22.3. The third-order valence-corrected chi connectivity index (χ3v) is 6.61. The first-order chi connectivity index (χ1) is 15.8. The van der Waals surface area contributed by atoms with Crippen LogP contribution in [0.3, 0.4) is 0 Å². The minimum absolute atomic E-state index is 0.796. The fourth-order valence-electron chi connectivity index (χ4n) is 4.28. The molecule has 3 heteroatoms. The summed E-state index contributed by atoms with van der Waals surface area (Å²) in [6, 6.07) is 8.22. The lowest BCUT2D eigenvalue weighted by Crippen LogP contribution is -1.97. The van der Waals surface area contributed by atoms with Crippen LogP contribution in [0.1, 0.15) is 109 Å². The summed E-state index contributed by atoms with van der Waals surface area (Å²) in [5, 5.41) is 0. The number of aryl methyl sites for hydroxylation is 1. The molecule has 0 amide bonds. The minimum Gasteiger partial charge on any atom is -0.494 e. The average molecular weight is 437 g/mol. The molecule has 0 unspecified atom stereocenters. The molecule has 0 N–H and O–H groups in total. The second-order valence-electron chi connectivity index (χ2n) is 9.66. The van der Waals surface area contributed by atoms with E-state index in [1.54, 1.807) is 0 Å². The van der Waals surface area contributed by atoms with Crippen molar-refractivity contribution in [3.63, 3.8) is 0 Å². The molecular formula is C29H44N2O. The second-order valence-corrected chi connectivity index (χ2v) is 9.66. The Labute approximate surface area is 196 Å². The molecule has 1 aliphatic carbocycles. The lowest BCUT2D eigenvalue weighted by atomic mass is 10.1. The number of unbranched alkanes of at least 4 members (excludes halogenated alkanes) is 10. The monoisotopic (exact) mass is 436 g/mol. The Morgan fingerprint density at radius 1 is 0.750 bits per heavy atom. The summed E-state index contributed by atoms with van der Waals surface area (Å²) in [6.07, 6.45) is 25.5. The smallest absolute Gasteiger partial charge is 0.159 e. The molecule has 32 heavy (non-hydrogen) atoms. The summed E-state index contributed by atoms with van der Waals surface area (Å²) in [6.45, 7) is 3.07. The Morgan fingerprint density at radius 3 is 2.06 bits per heavy atom. The third kappa shape index (κ3) is 10.1. The molecule has 1 aromatic heterocycles. The Bertz CT molecular complexity index is 722. The molecular weight excluding hydrogens is 392 g/mol. The maximum atomic E-state index is 5.92. The predicted octanol–water partition coefficient (Wildman–Crippen LogP) is 8.57. The van der Waals surface area contributed by atoms with Gasteiger partial charge in [0.05, 0.1) is 6.61 Å². The molecule has 1 fully saturated rings. The summed E-state index contributed by atoms with van der Waals surface area (Å²) < 4.78 is 5.92. The molecule has 0 spiro atoms. The number of hydrogen-bond acceptors (Lipinski definition) is 3. The molecule has 0 aliphatic heterocycles. The van der Waals surface area contributed by atoms with E-state index in [9.17, 15) is 0 Å². The van der Waals surface area contributed by atoms with Gasteiger partial charge in [-0.05, 0) is 55.0 Å². The summed E-state index contributed by atoms with van der Waals surface area (Å²) in [5.74, 6) is 2.83. The SMILES string of the molecule is CCCCCCCCc1cnc(-c2ccc(OCCCCCCCCC3CC3)cc2)nc1. The van der Waals surface area contributed by atoms with Crippen LogP contribution in [0.5, 0.6) is 5.75 Å². The van der Waals surface area contributed by atoms with E-state index < -0.39 is 0 Å². The lowest BCUT2D eigenvalue weighted by Gasteiger charge is -2.07. The van der Waals surface area contributed by atoms with Gasteiger partial charge in [0.2, 0.25) is 0 Å². The number of rotatable bonds is 18. The molecule has 0 radical (unpaired) electrons. The van der Waals surface area contributed by atoms with Crippen molar-refractivity contribution in [2.45, 2.75) is 110 Å². The molecule has 0 atom stereocenters. The molecule has 1 saturated carbocycles. The van der Waals surface area contributed by atoms with E-state index in [0.717, 1.165) is 42.5 Å². The number of benzene rings is 1. The maximum Gasteiger partial charge on any atom is 0.159 e. The second kappa shape index (κ2) is 15.0. The van der Waals surface area contributed by atoms with Crippen LogP contribution in [-0.4, -0.2) is 16.6 Å². The Morgan fingerprint density at radius 2 is 1.38 bits per heavy atom. The Balaban J connectivity index is 1.26. The molecule has 1 heterocycles. The van der Waals surface area contributed by atoms with Gasteiger partial charge in [-0.1, -0.05) is 90.4 Å². The zero-order valence-electron chi connectivity index (χ0n) is 20.4. The summed E-state index contributed by atoms with van der Waals surface area (Å²) in [4.78, 5) is 9.17. The van der Waals surface area contributed by atoms with Gasteiger partial charge in [-0.3, -0.25) is 0 Å². The molecule has 176 valence electrons. The largest absolute Gasteiger partial charge is 0.494 e. The van der Waals surface area contributed by atoms with E-state index in [1.165, 1.54) is 95.5 Å². The quantitative estimate of drug-likeness (QED) is 0.219. The van der Waals surface area contributed by atoms with E-state index >= 15 is 0 Å². The molecule has 0 bridgehead atoms. The molecule has 1 aliphatic rings. The summed E-state index contributed by atoms with van der Waals surface area (Å²) >= 11 is 0. The van der Waals surface area contributed by atoms with Crippen molar-refractivity contribution in [1.29, 1.82) is 0 Å². The van der Waals surface area contributed by atoms with Crippen LogP contribution in [0.15, 0.2) is 36.7 Å². The zero-order valence-corrected chi connectivity index (χ0v) is 20.4. The van der Waals surface area contributed by atoms with Crippen molar-refractivity contribution in [1.82, 2.24) is 9.97 Å². The number of ether oxygens (including phenoxy) is 1. The Kier molecular flexibility index (Phi) is 11.6. The van der Waals surface area contributed by atoms with Gasteiger partial charge in [0, 0.05) is 18.0 Å². The van der Waals surface area contributed by atoms with E-state index in [0.29, 0.717) is 0 Å². The van der Waals surface area contributed by atoms with Crippen molar-refractivity contribution in [3.8, 4) is 17.1 Å². The fraction of sp³-hybridized carbons (Fsp3) is 0.655. The van der Waals surface area contributed by atoms with Gasteiger partial charge in [-0.2, -0.15) is 0 Å². The molecule has 0 saturated heterocycles. The number of aromatic nitrogens is 2. The highest BCUT2D eigenvalue weighted by Crippen LogP contribution is 2.34. The Hall–Kier alpha value is -1.90. The van der Waals surface area contributed by atoms with Crippen LogP contribution in [0.2, 0.25) is 0 Å². The highest BCUT2D eigenvalue weighted by molar-refractivity contribution is 5.55. The van der Waals surface area contributed by atoms with Crippen molar-refractivity contribution in [2.24, 2.45) is 5.92 Å². The first-order valence-electron chi connectivity index (χ1n) is 13.4. The minimum atomic E-state index is 0.796. The van der Waals surface area contributed by atoms with E-state index in [4.69, 9.17) is 4.74 Å². The molecule has 2 aromatic rings. The predicted molar refractivity (Wildman–Crippen MR) is 135 cm³/mol. The van der Waals surface area contributed by atoms with Gasteiger partial charge >= 0.3 is 0 Å². The molecule has 3 nitrogen and oxygen atoms in total. The van der Waals surface area contributed by atoms with E-state index in [-0.39, 0.29) is 0 Å². The van der Waals surface area contributed by atoms with Crippen molar-refractivity contribution in [2.75, 3.05) is 6.61 Å². The average Bonchev–Trinajstić information content (AvgIpc) is 3.66. The first-order valence-corrected chi connectivity index (χ1v) is 13.4. The van der Waals surface area contributed by atoms with E-state index in [2.05, 4.69) is 29.0 Å². The van der Waals surface area contributed by atoms with Crippen LogP contribution in [-0.2, 0) is 6.42 Å². The van der Waals surface area contributed by atoms with E-state index in [1.807, 2.05) is 24.5 Å². The third-order valence-electron chi connectivity index (χ3n) is 6.61. The van der Waals surface area contributed by atoms with Crippen LogP contribution in [0.4, 0.5) is 0 Å². The van der Waals surface area contributed by atoms with Crippen LogP contribution in [0.25, 0.3) is 11.4 Å². The van der Waals surface area contributed by atoms with Gasteiger partial charge < -0.3 is 4.74 Å². The first kappa shape index (κ1) is 24.7. The van der Waals surface area contributed by atoms with Gasteiger partial charge in [-0.25, -0.2) is 9.97 Å². The van der Waals surface area contributed by atoms with Crippen LogP contribution in [0, 0.1) is 5.92 Å². The number of nitrogens with zero attached hydrogens (tertiary/aromatic N) is 2. The highest BCUT2D eigenvalue weighted by Gasteiger charge is 2.19. The van der Waals surface area contributed by atoms with Crippen LogP contribution < -0.4 is 4.74 Å². The molecule has 3 rings (SSSR count). The summed E-state index contributed by atoms with van der Waals surface area (Å²) in [5.41, 5.74) is 2.29. The summed E-state index contributed by atoms with van der Waals surface area (Å²) in [7, 11) is 0. The molecule has 1 aromatic carbocycles. The van der Waals surface area contributed by atoms with Crippen molar-refractivity contribution >= 4 is 0 Å². The van der Waals surface area contributed by atoms with Gasteiger partial charge in [0.25, 0.3) is 0 Å². The van der Waals surface area contributed by atoms with Crippen molar-refractivity contribution in [3.05, 3.63) is 42.2 Å². The maximum absolute atomic E-state index is 5.92. The normalized spacial score (nSPS) is 13.4. The van der Waals surface area contributed by atoms with Gasteiger partial charge in [-0.15, -0.1) is 0 Å². The lowest BCUT2D eigenvalue weighted by molar-refractivity contribution is 0.304.